The van der Waals surface area contributed by atoms with E-state index in [-0.39, 0.29) is 17.3 Å². The van der Waals surface area contributed by atoms with E-state index in [0.29, 0.717) is 0 Å². The van der Waals surface area contributed by atoms with Crippen molar-refractivity contribution in [1.29, 1.82) is 0 Å². The lowest BCUT2D eigenvalue weighted by atomic mass is 9.93. The van der Waals surface area contributed by atoms with E-state index in [0.717, 1.165) is 27.0 Å². The van der Waals surface area contributed by atoms with Gasteiger partial charge in [0.05, 0.1) is 11.4 Å². The first-order valence-corrected chi connectivity index (χ1v) is 9.48. The van der Waals surface area contributed by atoms with Crippen molar-refractivity contribution in [2.45, 2.75) is 40.0 Å². The molecule has 1 saturated carbocycles. The number of aromatic nitrogens is 2. The van der Waals surface area contributed by atoms with Crippen molar-refractivity contribution in [2.75, 3.05) is 18.1 Å². The molecule has 1 saturated heterocycles. The van der Waals surface area contributed by atoms with Gasteiger partial charge in [-0.05, 0) is 25.2 Å². The lowest BCUT2D eigenvalue weighted by Gasteiger charge is -2.27. The van der Waals surface area contributed by atoms with Crippen LogP contribution in [0.15, 0.2) is 8.68 Å². The molecule has 2 aliphatic rings. The van der Waals surface area contributed by atoms with E-state index in [9.17, 15) is 4.79 Å². The molecule has 1 aromatic heterocycles. The molecule has 2 heterocycles. The largest absolute Gasteiger partial charge is 0.374 e. The number of rotatable bonds is 6. The molecule has 2 N–H and O–H groups in total. The van der Waals surface area contributed by atoms with Crippen molar-refractivity contribution >= 4 is 40.8 Å². The molecular weight excluding hydrogens is 314 g/mol. The van der Waals surface area contributed by atoms with Crippen molar-refractivity contribution in [1.82, 2.24) is 10.2 Å². The molecule has 3 rings (SSSR count). The van der Waals surface area contributed by atoms with Gasteiger partial charge < -0.3 is 10.5 Å². The molecule has 8 heteroatoms. The standard InChI is InChI=1S/C12H17N3O2S3/c13-9(16)6-18-10-14-15-11(20-10)19-7-12-4-1-2-8(12)3-5-17-12/h8H,1-7H2,(H2,13,16)/t8-,12+/m0/s1. The maximum absolute atomic E-state index is 10.7. The average Bonchev–Trinajstić information content (AvgIpc) is 3.09. The van der Waals surface area contributed by atoms with Crippen LogP contribution in [0.5, 0.6) is 0 Å². The summed E-state index contributed by atoms with van der Waals surface area (Å²) in [6.45, 7) is 0.904. The zero-order valence-electron chi connectivity index (χ0n) is 11.0. The van der Waals surface area contributed by atoms with Crippen molar-refractivity contribution in [3.05, 3.63) is 0 Å². The fourth-order valence-electron chi connectivity index (χ4n) is 2.98. The minimum Gasteiger partial charge on any atom is -0.374 e. The van der Waals surface area contributed by atoms with Gasteiger partial charge in [-0.15, -0.1) is 10.2 Å². The highest BCUT2D eigenvalue weighted by atomic mass is 32.2. The van der Waals surface area contributed by atoms with Crippen LogP contribution in [0, 0.1) is 5.92 Å². The molecule has 1 aliphatic heterocycles. The van der Waals surface area contributed by atoms with Crippen molar-refractivity contribution in [3.8, 4) is 0 Å². The van der Waals surface area contributed by atoms with Gasteiger partial charge in [0.15, 0.2) is 8.68 Å². The van der Waals surface area contributed by atoms with Gasteiger partial charge in [-0.2, -0.15) is 0 Å². The quantitative estimate of drug-likeness (QED) is 0.805. The average molecular weight is 331 g/mol. The first-order chi connectivity index (χ1) is 9.68. The predicted molar refractivity (Wildman–Crippen MR) is 81.2 cm³/mol. The summed E-state index contributed by atoms with van der Waals surface area (Å²) in [6, 6.07) is 0. The third-order valence-electron chi connectivity index (χ3n) is 3.92. The minimum atomic E-state index is -0.327. The first kappa shape index (κ1) is 14.6. The monoisotopic (exact) mass is 331 g/mol. The molecule has 1 amide bonds. The first-order valence-electron chi connectivity index (χ1n) is 6.69. The summed E-state index contributed by atoms with van der Waals surface area (Å²) >= 11 is 4.61. The van der Waals surface area contributed by atoms with E-state index in [1.807, 2.05) is 0 Å². The zero-order valence-corrected chi connectivity index (χ0v) is 13.5. The number of nitrogens with zero attached hydrogens (tertiary/aromatic N) is 2. The van der Waals surface area contributed by atoms with E-state index < -0.39 is 0 Å². The van der Waals surface area contributed by atoms with E-state index >= 15 is 0 Å². The number of carbonyl (C=O) groups excluding carboxylic acids is 1. The molecule has 5 nitrogen and oxygen atoms in total. The van der Waals surface area contributed by atoms with Crippen LogP contribution in [-0.2, 0) is 9.53 Å². The van der Waals surface area contributed by atoms with Gasteiger partial charge in [-0.1, -0.05) is 41.3 Å². The summed E-state index contributed by atoms with van der Waals surface area (Å²) in [6.07, 6.45) is 4.96. The molecule has 1 aromatic rings. The summed E-state index contributed by atoms with van der Waals surface area (Å²) in [5.41, 5.74) is 5.20. The maximum atomic E-state index is 10.7. The van der Waals surface area contributed by atoms with E-state index in [4.69, 9.17) is 10.5 Å². The van der Waals surface area contributed by atoms with Crippen molar-refractivity contribution in [3.63, 3.8) is 0 Å². The molecule has 20 heavy (non-hydrogen) atoms. The van der Waals surface area contributed by atoms with Crippen LogP contribution >= 0.6 is 34.9 Å². The number of hydrogen-bond donors (Lipinski definition) is 1. The van der Waals surface area contributed by atoms with E-state index in [2.05, 4.69) is 10.2 Å². The number of ether oxygens (including phenoxy) is 1. The fraction of sp³-hybridized carbons (Fsp3) is 0.750. The van der Waals surface area contributed by atoms with Crippen LogP contribution in [-0.4, -0.2) is 39.8 Å². The Morgan fingerprint density at radius 2 is 2.20 bits per heavy atom. The highest BCUT2D eigenvalue weighted by Crippen LogP contribution is 2.48. The number of thioether (sulfide) groups is 2. The van der Waals surface area contributed by atoms with Crippen LogP contribution in [0.3, 0.4) is 0 Å². The van der Waals surface area contributed by atoms with E-state index in [1.165, 1.54) is 48.8 Å². The molecule has 0 bridgehead atoms. The van der Waals surface area contributed by atoms with Gasteiger partial charge >= 0.3 is 0 Å². The normalized spacial score (nSPS) is 28.7. The Bertz CT molecular complexity index is 484. The SMILES string of the molecule is NC(=O)CSc1nnc(SC[C@]23CCC[C@H]2CCO3)s1. The summed E-state index contributed by atoms with van der Waals surface area (Å²) < 4.78 is 7.80. The summed E-state index contributed by atoms with van der Waals surface area (Å²) in [5, 5.41) is 8.25. The van der Waals surface area contributed by atoms with Gasteiger partial charge in [0.25, 0.3) is 0 Å². The van der Waals surface area contributed by atoms with Gasteiger partial charge in [0.2, 0.25) is 5.91 Å². The van der Waals surface area contributed by atoms with Crippen LogP contribution in [0.25, 0.3) is 0 Å². The molecular formula is C12H17N3O2S3. The van der Waals surface area contributed by atoms with Crippen molar-refractivity contribution < 1.29 is 9.53 Å². The van der Waals surface area contributed by atoms with Gasteiger partial charge in [0.1, 0.15) is 0 Å². The van der Waals surface area contributed by atoms with Crippen LogP contribution in [0.4, 0.5) is 0 Å². The lowest BCUT2D eigenvalue weighted by molar-refractivity contribution is -0.115. The lowest BCUT2D eigenvalue weighted by Crippen LogP contribution is -2.33. The number of hydrogen-bond acceptors (Lipinski definition) is 7. The molecule has 0 radical (unpaired) electrons. The summed E-state index contributed by atoms with van der Waals surface area (Å²) in [7, 11) is 0. The molecule has 2 atom stereocenters. The van der Waals surface area contributed by atoms with E-state index in [1.54, 1.807) is 11.8 Å². The third-order valence-corrected chi connectivity index (χ3v) is 7.36. The molecule has 0 aromatic carbocycles. The Hall–Kier alpha value is -0.310. The molecule has 0 spiro atoms. The zero-order chi connectivity index (χ0) is 14.0. The molecule has 2 fully saturated rings. The number of nitrogens with two attached hydrogens (primary N) is 1. The second-order valence-electron chi connectivity index (χ2n) is 5.17. The molecule has 0 unspecified atom stereocenters. The second-order valence-corrected chi connectivity index (χ2v) is 8.59. The van der Waals surface area contributed by atoms with Crippen LogP contribution in [0.1, 0.15) is 25.7 Å². The number of fused-ring (bicyclic) bond motifs is 1. The van der Waals surface area contributed by atoms with Crippen LogP contribution < -0.4 is 5.73 Å². The number of carbonyl (C=O) groups is 1. The Morgan fingerprint density at radius 3 is 3.00 bits per heavy atom. The van der Waals surface area contributed by atoms with Gasteiger partial charge in [-0.25, -0.2) is 0 Å². The van der Waals surface area contributed by atoms with Gasteiger partial charge in [-0.3, -0.25) is 4.79 Å². The Kier molecular flexibility index (Phi) is 4.54. The Labute approximate surface area is 130 Å². The minimum absolute atomic E-state index is 0.0802. The number of primary amides is 1. The summed E-state index contributed by atoms with van der Waals surface area (Å²) in [5.74, 6) is 1.62. The molecule has 110 valence electrons. The highest BCUT2D eigenvalue weighted by molar-refractivity contribution is 8.03. The van der Waals surface area contributed by atoms with Crippen LogP contribution in [0.2, 0.25) is 0 Å². The van der Waals surface area contributed by atoms with Crippen molar-refractivity contribution in [2.24, 2.45) is 11.7 Å². The Morgan fingerprint density at radius 1 is 1.40 bits per heavy atom. The smallest absolute Gasteiger partial charge is 0.227 e. The topological polar surface area (TPSA) is 78.1 Å². The maximum Gasteiger partial charge on any atom is 0.227 e. The highest BCUT2D eigenvalue weighted by Gasteiger charge is 2.47. The summed E-state index contributed by atoms with van der Waals surface area (Å²) in [4.78, 5) is 10.7. The predicted octanol–water partition coefficient (Wildman–Crippen LogP) is 2.17. The second kappa shape index (κ2) is 6.21. The number of amides is 1. The fourth-order valence-corrected chi connectivity index (χ4v) is 6.04. The van der Waals surface area contributed by atoms with Gasteiger partial charge in [0, 0.05) is 12.4 Å². The third kappa shape index (κ3) is 3.13. The molecule has 1 aliphatic carbocycles. The Balaban J connectivity index is 1.54.